The predicted octanol–water partition coefficient (Wildman–Crippen LogP) is 3.37. The summed E-state index contributed by atoms with van der Waals surface area (Å²) < 4.78 is 24.8. The van der Waals surface area contributed by atoms with Crippen LogP contribution in [0.15, 0.2) is 18.2 Å². The standard InChI is InChI=1S/C8H8F2.C2H6.CH2O/c1-2-6-3-7(9)5-8(10)4-6;2*1-2/h3-5H,2H2,1H3;1-2H3;1H2. The summed E-state index contributed by atoms with van der Waals surface area (Å²) in [5.74, 6) is -1.01. The molecule has 0 aliphatic heterocycles. The lowest BCUT2D eigenvalue weighted by Crippen LogP contribution is -1.84. The maximum absolute atomic E-state index is 12.4. The summed E-state index contributed by atoms with van der Waals surface area (Å²) in [5, 5.41) is 0. The fourth-order valence-corrected chi connectivity index (χ4v) is 0.815. The third-order valence-corrected chi connectivity index (χ3v) is 1.33. The summed E-state index contributed by atoms with van der Waals surface area (Å²) in [7, 11) is 0. The van der Waals surface area contributed by atoms with Gasteiger partial charge < -0.3 is 4.79 Å². The van der Waals surface area contributed by atoms with Crippen LogP contribution < -0.4 is 0 Å². The lowest BCUT2D eigenvalue weighted by molar-refractivity contribution is -0.0979. The van der Waals surface area contributed by atoms with Crippen LogP contribution in [-0.2, 0) is 11.2 Å². The zero-order chi connectivity index (χ0) is 11.6. The van der Waals surface area contributed by atoms with Crippen LogP contribution >= 0.6 is 0 Å². The van der Waals surface area contributed by atoms with Gasteiger partial charge in [-0.05, 0) is 24.1 Å². The molecule has 1 rings (SSSR count). The molecule has 0 aromatic heterocycles. The number of hydrogen-bond donors (Lipinski definition) is 0. The van der Waals surface area contributed by atoms with Crippen molar-refractivity contribution < 1.29 is 13.6 Å². The lowest BCUT2D eigenvalue weighted by atomic mass is 10.2. The van der Waals surface area contributed by atoms with E-state index in [-0.39, 0.29) is 0 Å². The summed E-state index contributed by atoms with van der Waals surface area (Å²) in [4.78, 5) is 8.00. The number of benzene rings is 1. The number of halogens is 2. The van der Waals surface area contributed by atoms with Gasteiger partial charge in [0.1, 0.15) is 18.4 Å². The second-order valence-corrected chi connectivity index (χ2v) is 2.13. The molecule has 0 aliphatic rings. The lowest BCUT2D eigenvalue weighted by Gasteiger charge is -1.95. The van der Waals surface area contributed by atoms with Crippen LogP contribution in [0, 0.1) is 11.6 Å². The maximum atomic E-state index is 12.4. The summed E-state index contributed by atoms with van der Waals surface area (Å²) in [6.07, 6.45) is 0.661. The molecule has 0 heterocycles. The normalized spacial score (nSPS) is 7.79. The molecule has 1 aromatic rings. The second-order valence-electron chi connectivity index (χ2n) is 2.13. The molecule has 0 saturated carbocycles. The van der Waals surface area contributed by atoms with Gasteiger partial charge in [0.25, 0.3) is 0 Å². The van der Waals surface area contributed by atoms with Crippen molar-refractivity contribution in [2.45, 2.75) is 27.2 Å². The van der Waals surface area contributed by atoms with Crippen molar-refractivity contribution >= 4 is 6.79 Å². The van der Waals surface area contributed by atoms with Crippen molar-refractivity contribution in [2.75, 3.05) is 0 Å². The van der Waals surface area contributed by atoms with Gasteiger partial charge in [0, 0.05) is 6.07 Å². The maximum Gasteiger partial charge on any atom is 0.126 e. The molecule has 3 heteroatoms. The molecule has 0 spiro atoms. The van der Waals surface area contributed by atoms with Gasteiger partial charge in [-0.15, -0.1) is 0 Å². The zero-order valence-electron chi connectivity index (χ0n) is 8.81. The first-order valence-corrected chi connectivity index (χ1v) is 4.46. The first-order valence-electron chi connectivity index (χ1n) is 4.46. The highest BCUT2D eigenvalue weighted by atomic mass is 19.1. The Morgan fingerprint density at radius 1 is 1.07 bits per heavy atom. The van der Waals surface area contributed by atoms with Crippen LogP contribution in [0.1, 0.15) is 26.3 Å². The Hall–Kier alpha value is -1.25. The van der Waals surface area contributed by atoms with Crippen molar-refractivity contribution in [1.82, 2.24) is 0 Å². The van der Waals surface area contributed by atoms with Gasteiger partial charge >= 0.3 is 0 Å². The van der Waals surface area contributed by atoms with Crippen LogP contribution in [0.5, 0.6) is 0 Å². The Morgan fingerprint density at radius 2 is 1.43 bits per heavy atom. The Morgan fingerprint density at radius 3 is 1.71 bits per heavy atom. The minimum Gasteiger partial charge on any atom is -0.307 e. The molecule has 14 heavy (non-hydrogen) atoms. The Bertz CT molecular complexity index is 229. The molecule has 0 aliphatic carbocycles. The summed E-state index contributed by atoms with van der Waals surface area (Å²) in [5.41, 5.74) is 0.692. The molecular weight excluding hydrogens is 186 g/mol. The minimum absolute atomic E-state index is 0.503. The molecule has 1 nitrogen and oxygen atoms in total. The highest BCUT2D eigenvalue weighted by Gasteiger charge is 1.96. The Kier molecular flexibility index (Phi) is 10.7. The fourth-order valence-electron chi connectivity index (χ4n) is 0.815. The average molecular weight is 202 g/mol. The van der Waals surface area contributed by atoms with E-state index in [9.17, 15) is 8.78 Å². The summed E-state index contributed by atoms with van der Waals surface area (Å²) in [6, 6.07) is 3.55. The Labute approximate surface area is 83.8 Å². The van der Waals surface area contributed by atoms with Gasteiger partial charge in [0.2, 0.25) is 0 Å². The molecule has 0 atom stereocenters. The van der Waals surface area contributed by atoms with Gasteiger partial charge in [-0.1, -0.05) is 20.8 Å². The van der Waals surface area contributed by atoms with E-state index in [0.29, 0.717) is 12.0 Å². The van der Waals surface area contributed by atoms with Gasteiger partial charge in [0.15, 0.2) is 0 Å². The van der Waals surface area contributed by atoms with E-state index in [1.165, 1.54) is 12.1 Å². The highest BCUT2D eigenvalue weighted by Crippen LogP contribution is 2.07. The van der Waals surface area contributed by atoms with Crippen LogP contribution in [0.3, 0.4) is 0 Å². The van der Waals surface area contributed by atoms with Crippen molar-refractivity contribution in [3.8, 4) is 0 Å². The van der Waals surface area contributed by atoms with Crippen LogP contribution in [0.25, 0.3) is 0 Å². The molecule has 0 unspecified atom stereocenters. The van der Waals surface area contributed by atoms with Crippen molar-refractivity contribution in [3.05, 3.63) is 35.4 Å². The molecular formula is C11H16F2O. The molecule has 80 valence electrons. The van der Waals surface area contributed by atoms with Crippen LogP contribution in [0.4, 0.5) is 8.78 Å². The molecule has 0 radical (unpaired) electrons. The monoisotopic (exact) mass is 202 g/mol. The Balaban J connectivity index is 0. The van der Waals surface area contributed by atoms with E-state index in [1.54, 1.807) is 0 Å². The molecule has 0 saturated heterocycles. The minimum atomic E-state index is -0.503. The average Bonchev–Trinajstić information content (AvgIpc) is 2.22. The highest BCUT2D eigenvalue weighted by molar-refractivity contribution is 5.17. The molecule has 0 bridgehead atoms. The van der Waals surface area contributed by atoms with Crippen molar-refractivity contribution in [2.24, 2.45) is 0 Å². The van der Waals surface area contributed by atoms with E-state index < -0.39 is 11.6 Å². The molecule has 0 N–H and O–H groups in total. The number of hydrogen-bond acceptors (Lipinski definition) is 1. The quantitative estimate of drug-likeness (QED) is 0.682. The number of carbonyl (C=O) groups excluding carboxylic acids is 1. The van der Waals surface area contributed by atoms with E-state index >= 15 is 0 Å². The van der Waals surface area contributed by atoms with Gasteiger partial charge in [0.05, 0.1) is 0 Å². The number of rotatable bonds is 1. The first kappa shape index (κ1) is 15.2. The van der Waals surface area contributed by atoms with Gasteiger partial charge in [-0.25, -0.2) is 8.78 Å². The fraction of sp³-hybridized carbons (Fsp3) is 0.364. The van der Waals surface area contributed by atoms with Gasteiger partial charge in [-0.3, -0.25) is 0 Å². The summed E-state index contributed by atoms with van der Waals surface area (Å²) >= 11 is 0. The van der Waals surface area contributed by atoms with E-state index in [4.69, 9.17) is 4.79 Å². The molecule has 0 fully saturated rings. The third-order valence-electron chi connectivity index (χ3n) is 1.33. The van der Waals surface area contributed by atoms with E-state index in [2.05, 4.69) is 0 Å². The van der Waals surface area contributed by atoms with E-state index in [0.717, 1.165) is 6.07 Å². The number of carbonyl (C=O) groups is 1. The van der Waals surface area contributed by atoms with Gasteiger partial charge in [-0.2, -0.15) is 0 Å². The van der Waals surface area contributed by atoms with Crippen molar-refractivity contribution in [3.63, 3.8) is 0 Å². The topological polar surface area (TPSA) is 17.1 Å². The smallest absolute Gasteiger partial charge is 0.126 e. The van der Waals surface area contributed by atoms with Crippen LogP contribution in [-0.4, -0.2) is 6.79 Å². The molecule has 1 aromatic carbocycles. The zero-order valence-corrected chi connectivity index (χ0v) is 8.81. The number of aryl methyl sites for hydroxylation is 1. The third kappa shape index (κ3) is 6.29. The molecule has 0 amide bonds. The van der Waals surface area contributed by atoms with Crippen LogP contribution in [0.2, 0.25) is 0 Å². The summed E-state index contributed by atoms with van der Waals surface area (Å²) in [6.45, 7) is 7.86. The SMILES string of the molecule is C=O.CC.CCc1cc(F)cc(F)c1. The second kappa shape index (κ2) is 9.84. The predicted molar refractivity (Wildman–Crippen MR) is 54.2 cm³/mol. The largest absolute Gasteiger partial charge is 0.307 e. The first-order chi connectivity index (χ1) is 6.72. The van der Waals surface area contributed by atoms with E-state index in [1.807, 2.05) is 27.6 Å². The van der Waals surface area contributed by atoms with Crippen molar-refractivity contribution in [1.29, 1.82) is 0 Å².